The molecule has 0 spiro atoms. The quantitative estimate of drug-likeness (QED) is 0.815. The lowest BCUT2D eigenvalue weighted by Gasteiger charge is -2.17. The molecule has 0 atom stereocenters. The molecule has 0 fully saturated rings. The van der Waals surface area contributed by atoms with E-state index in [0.29, 0.717) is 17.9 Å². The highest BCUT2D eigenvalue weighted by Crippen LogP contribution is 2.18. The summed E-state index contributed by atoms with van der Waals surface area (Å²) in [5.74, 6) is 0. The monoisotopic (exact) mass is 335 g/mol. The molecular weight excluding hydrogens is 310 g/mol. The second-order valence-corrected chi connectivity index (χ2v) is 7.89. The minimum atomic E-state index is -3.45. The van der Waals surface area contributed by atoms with Crippen LogP contribution in [0.4, 0.5) is 0 Å². The lowest BCUT2D eigenvalue weighted by atomic mass is 10.1. The first-order valence-corrected chi connectivity index (χ1v) is 9.25. The standard InChI is InChI=1S/C17H25N3O2S/c1-6-15-7-9-16(10-8-15)23(21,22)19(4)12-11-17-13(2)18-20(5)14(17)3/h7-10H,6,11-12H2,1-5H3. The van der Waals surface area contributed by atoms with Crippen molar-refractivity contribution in [2.24, 2.45) is 7.05 Å². The first kappa shape index (κ1) is 17.7. The molecule has 5 nitrogen and oxygen atoms in total. The van der Waals surface area contributed by atoms with Crippen LogP contribution < -0.4 is 0 Å². The Morgan fingerprint density at radius 1 is 1.17 bits per heavy atom. The van der Waals surface area contributed by atoms with E-state index >= 15 is 0 Å². The van der Waals surface area contributed by atoms with Crippen molar-refractivity contribution in [3.05, 3.63) is 46.8 Å². The summed E-state index contributed by atoms with van der Waals surface area (Å²) >= 11 is 0. The second kappa shape index (κ2) is 6.84. The summed E-state index contributed by atoms with van der Waals surface area (Å²) in [5, 5.41) is 4.38. The molecule has 0 aliphatic heterocycles. The number of sulfonamides is 1. The van der Waals surface area contributed by atoms with Crippen LogP contribution in [0.3, 0.4) is 0 Å². The summed E-state index contributed by atoms with van der Waals surface area (Å²) in [6.07, 6.45) is 1.56. The van der Waals surface area contributed by atoms with Crippen molar-refractivity contribution in [3.8, 4) is 0 Å². The van der Waals surface area contributed by atoms with Crippen molar-refractivity contribution in [2.75, 3.05) is 13.6 Å². The van der Waals surface area contributed by atoms with Gasteiger partial charge in [0.05, 0.1) is 10.6 Å². The molecule has 23 heavy (non-hydrogen) atoms. The van der Waals surface area contributed by atoms with E-state index in [9.17, 15) is 8.42 Å². The van der Waals surface area contributed by atoms with Crippen LogP contribution in [-0.2, 0) is 29.9 Å². The molecule has 1 heterocycles. The third-order valence-corrected chi connectivity index (χ3v) is 6.25. The van der Waals surface area contributed by atoms with Crippen LogP contribution in [0.5, 0.6) is 0 Å². The zero-order valence-electron chi connectivity index (χ0n) is 14.5. The van der Waals surface area contributed by atoms with Gasteiger partial charge < -0.3 is 0 Å². The third kappa shape index (κ3) is 3.64. The molecule has 0 aliphatic carbocycles. The van der Waals surface area contributed by atoms with E-state index in [0.717, 1.165) is 28.9 Å². The second-order valence-electron chi connectivity index (χ2n) is 5.85. The number of likely N-dealkylation sites (N-methyl/N-ethyl adjacent to an activating group) is 1. The fourth-order valence-corrected chi connectivity index (χ4v) is 3.82. The average Bonchev–Trinajstić information content (AvgIpc) is 2.77. The summed E-state index contributed by atoms with van der Waals surface area (Å²) in [6.45, 7) is 6.45. The molecule has 0 N–H and O–H groups in total. The summed E-state index contributed by atoms with van der Waals surface area (Å²) in [7, 11) is 0.0865. The van der Waals surface area contributed by atoms with Gasteiger partial charge in [0.25, 0.3) is 0 Å². The average molecular weight is 335 g/mol. The van der Waals surface area contributed by atoms with Crippen molar-refractivity contribution in [2.45, 2.75) is 38.5 Å². The number of aromatic nitrogens is 2. The summed E-state index contributed by atoms with van der Waals surface area (Å²) < 4.78 is 28.5. The Morgan fingerprint density at radius 2 is 1.78 bits per heavy atom. The smallest absolute Gasteiger partial charge is 0.242 e. The number of rotatable bonds is 6. The van der Waals surface area contributed by atoms with Crippen molar-refractivity contribution in [1.82, 2.24) is 14.1 Å². The van der Waals surface area contributed by atoms with Crippen LogP contribution in [-0.4, -0.2) is 36.1 Å². The molecule has 0 aliphatic rings. The molecule has 126 valence electrons. The van der Waals surface area contributed by atoms with Gasteiger partial charge in [-0.2, -0.15) is 5.10 Å². The minimum Gasteiger partial charge on any atom is -0.272 e. The Morgan fingerprint density at radius 3 is 2.26 bits per heavy atom. The Labute approximate surface area is 139 Å². The van der Waals surface area contributed by atoms with E-state index in [1.165, 1.54) is 4.31 Å². The van der Waals surface area contributed by atoms with Gasteiger partial charge in [0.2, 0.25) is 10.0 Å². The largest absolute Gasteiger partial charge is 0.272 e. The number of aryl methyl sites for hydroxylation is 3. The molecule has 0 radical (unpaired) electrons. The van der Waals surface area contributed by atoms with Crippen LogP contribution in [0, 0.1) is 13.8 Å². The zero-order valence-corrected chi connectivity index (χ0v) is 15.3. The first-order chi connectivity index (χ1) is 10.8. The van der Waals surface area contributed by atoms with E-state index < -0.39 is 10.0 Å². The van der Waals surface area contributed by atoms with Crippen LogP contribution in [0.2, 0.25) is 0 Å². The van der Waals surface area contributed by atoms with Crippen LogP contribution >= 0.6 is 0 Å². The number of hydrogen-bond acceptors (Lipinski definition) is 3. The molecule has 2 rings (SSSR count). The highest BCUT2D eigenvalue weighted by atomic mass is 32.2. The Hall–Kier alpha value is -1.66. The van der Waals surface area contributed by atoms with Crippen LogP contribution in [0.15, 0.2) is 29.2 Å². The summed E-state index contributed by atoms with van der Waals surface area (Å²) in [6, 6.07) is 7.11. The fraction of sp³-hybridized carbons (Fsp3) is 0.471. The molecule has 0 amide bonds. The summed E-state index contributed by atoms with van der Waals surface area (Å²) in [5.41, 5.74) is 4.30. The molecule has 0 bridgehead atoms. The predicted molar refractivity (Wildman–Crippen MR) is 92.0 cm³/mol. The van der Waals surface area contributed by atoms with Gasteiger partial charge in [-0.25, -0.2) is 12.7 Å². The Balaban J connectivity index is 2.13. The molecule has 6 heteroatoms. The lowest BCUT2D eigenvalue weighted by molar-refractivity contribution is 0.472. The van der Waals surface area contributed by atoms with Gasteiger partial charge in [-0.05, 0) is 49.9 Å². The van der Waals surface area contributed by atoms with Gasteiger partial charge in [0.1, 0.15) is 0 Å². The van der Waals surface area contributed by atoms with E-state index in [1.54, 1.807) is 19.2 Å². The van der Waals surface area contributed by atoms with E-state index in [2.05, 4.69) is 5.10 Å². The molecule has 1 aromatic carbocycles. The third-order valence-electron chi connectivity index (χ3n) is 4.38. The van der Waals surface area contributed by atoms with E-state index in [-0.39, 0.29) is 0 Å². The molecule has 0 saturated carbocycles. The van der Waals surface area contributed by atoms with Crippen molar-refractivity contribution in [1.29, 1.82) is 0 Å². The lowest BCUT2D eigenvalue weighted by Crippen LogP contribution is -2.29. The Bertz CT molecular complexity index is 777. The highest BCUT2D eigenvalue weighted by molar-refractivity contribution is 7.89. The molecular formula is C17H25N3O2S. The molecule has 0 unspecified atom stereocenters. The Kier molecular flexibility index (Phi) is 5.26. The van der Waals surface area contributed by atoms with Gasteiger partial charge in [-0.15, -0.1) is 0 Å². The SMILES string of the molecule is CCc1ccc(S(=O)(=O)N(C)CCc2c(C)nn(C)c2C)cc1. The number of benzene rings is 1. The van der Waals surface area contributed by atoms with Crippen molar-refractivity contribution >= 4 is 10.0 Å². The van der Waals surface area contributed by atoms with Gasteiger partial charge >= 0.3 is 0 Å². The molecule has 2 aromatic rings. The van der Waals surface area contributed by atoms with Crippen LogP contribution in [0.25, 0.3) is 0 Å². The highest BCUT2D eigenvalue weighted by Gasteiger charge is 2.21. The van der Waals surface area contributed by atoms with Gasteiger partial charge in [-0.3, -0.25) is 4.68 Å². The maximum Gasteiger partial charge on any atom is 0.242 e. The van der Waals surface area contributed by atoms with Crippen molar-refractivity contribution in [3.63, 3.8) is 0 Å². The predicted octanol–water partition coefficient (Wildman–Crippen LogP) is 2.46. The molecule has 1 aromatic heterocycles. The first-order valence-electron chi connectivity index (χ1n) is 7.81. The van der Waals surface area contributed by atoms with Crippen molar-refractivity contribution < 1.29 is 8.42 Å². The molecule has 0 saturated heterocycles. The number of hydrogen-bond donors (Lipinski definition) is 0. The maximum atomic E-state index is 12.6. The number of nitrogens with zero attached hydrogens (tertiary/aromatic N) is 3. The topological polar surface area (TPSA) is 55.2 Å². The van der Waals surface area contributed by atoms with E-state index in [4.69, 9.17) is 0 Å². The normalized spacial score (nSPS) is 12.1. The summed E-state index contributed by atoms with van der Waals surface area (Å²) in [4.78, 5) is 0.344. The zero-order chi connectivity index (χ0) is 17.2. The van der Waals surface area contributed by atoms with Gasteiger partial charge in [0.15, 0.2) is 0 Å². The minimum absolute atomic E-state index is 0.344. The van der Waals surface area contributed by atoms with Gasteiger partial charge in [0, 0.05) is 26.3 Å². The van der Waals surface area contributed by atoms with Gasteiger partial charge in [-0.1, -0.05) is 19.1 Å². The van der Waals surface area contributed by atoms with Crippen LogP contribution in [0.1, 0.15) is 29.4 Å². The fourth-order valence-electron chi connectivity index (χ4n) is 2.65. The maximum absolute atomic E-state index is 12.6. The van der Waals surface area contributed by atoms with E-state index in [1.807, 2.05) is 44.6 Å².